The van der Waals surface area contributed by atoms with Gasteiger partial charge in [-0.1, -0.05) is 46.7 Å². The summed E-state index contributed by atoms with van der Waals surface area (Å²) in [4.78, 5) is -0.00737. The van der Waals surface area contributed by atoms with Gasteiger partial charge in [-0.3, -0.25) is 0 Å². The average molecular weight is 589 g/mol. The molecule has 0 bridgehead atoms. The Morgan fingerprint density at radius 2 is 1.51 bits per heavy atom. The van der Waals surface area contributed by atoms with Gasteiger partial charge in [-0.05, 0) is 30.2 Å². The fraction of sp³-hybridized carbons (Fsp3) is 0.524. The Bertz CT molecular complexity index is 1230. The number of alkyl halides is 9. The fourth-order valence-electron chi connectivity index (χ4n) is 3.77. The van der Waals surface area contributed by atoms with Gasteiger partial charge in [-0.15, -0.1) is 0 Å². The minimum absolute atomic E-state index is 0.00737. The van der Waals surface area contributed by atoms with E-state index in [0.29, 0.717) is 5.39 Å². The summed E-state index contributed by atoms with van der Waals surface area (Å²) in [5, 5.41) is -6.20. The van der Waals surface area contributed by atoms with Crippen molar-refractivity contribution in [2.75, 3.05) is 18.6 Å². The second-order valence-electron chi connectivity index (χ2n) is 8.20. The predicted octanol–water partition coefficient (Wildman–Crippen LogP) is 6.47. The minimum atomic E-state index is -7.39. The first-order valence-corrected chi connectivity index (χ1v) is 13.7. The number of halogens is 9. The molecule has 1 aliphatic heterocycles. The van der Waals surface area contributed by atoms with Gasteiger partial charge in [0.2, 0.25) is 0 Å². The zero-order valence-electron chi connectivity index (χ0n) is 19.1. The zero-order chi connectivity index (χ0) is 28.1. The summed E-state index contributed by atoms with van der Waals surface area (Å²) in [6, 6.07) is 10.4. The van der Waals surface area contributed by atoms with E-state index in [1.54, 1.807) is 18.2 Å². The third-order valence-corrected chi connectivity index (χ3v) is 11.3. The smallest absolute Gasteiger partial charge is 0.356 e. The van der Waals surface area contributed by atoms with Crippen LogP contribution in [0.5, 0.6) is 0 Å². The van der Waals surface area contributed by atoms with Gasteiger partial charge in [0.25, 0.3) is 0 Å². The van der Waals surface area contributed by atoms with Gasteiger partial charge in [0.1, 0.15) is 0 Å². The van der Waals surface area contributed by atoms with Crippen LogP contribution in [-0.4, -0.2) is 62.7 Å². The summed E-state index contributed by atoms with van der Waals surface area (Å²) in [5.74, 6) is -15.6. The standard InChI is InChI=1S/C21H21F9O5S2/c1-13(33-2)34-15-10-11-36(12-15,17-9-5-7-14-6-3-4-8-16(14)17)35-37(31,32)21(29,30)19(24,25)18(22,23)20(26,27)28/h3-9,13,15H,10-12H2,1-2H3. The van der Waals surface area contributed by atoms with Crippen LogP contribution < -0.4 is 0 Å². The Morgan fingerprint density at radius 3 is 2.11 bits per heavy atom. The maximum atomic E-state index is 14.5. The third kappa shape index (κ3) is 5.02. The maximum Gasteiger partial charge on any atom is 0.460 e. The van der Waals surface area contributed by atoms with Crippen LogP contribution in [0.2, 0.25) is 0 Å². The molecule has 0 spiro atoms. The van der Waals surface area contributed by atoms with Crippen molar-refractivity contribution in [3.05, 3.63) is 42.5 Å². The molecule has 5 nitrogen and oxygen atoms in total. The van der Waals surface area contributed by atoms with Gasteiger partial charge in [-0.2, -0.15) is 47.9 Å². The quantitative estimate of drug-likeness (QED) is 0.248. The predicted molar refractivity (Wildman–Crippen MR) is 116 cm³/mol. The number of hydrogen-bond donors (Lipinski definition) is 0. The van der Waals surface area contributed by atoms with Crippen molar-refractivity contribution in [2.24, 2.45) is 0 Å². The number of methoxy groups -OCH3 is 1. The van der Waals surface area contributed by atoms with Gasteiger partial charge in [0.15, 0.2) is 6.29 Å². The average Bonchev–Trinajstić information content (AvgIpc) is 3.19. The Morgan fingerprint density at radius 1 is 0.919 bits per heavy atom. The van der Waals surface area contributed by atoms with Gasteiger partial charge in [-0.25, -0.2) is 3.63 Å². The summed E-state index contributed by atoms with van der Waals surface area (Å²) < 4.78 is 162. The molecule has 210 valence electrons. The van der Waals surface area contributed by atoms with E-state index in [4.69, 9.17) is 9.47 Å². The second-order valence-corrected chi connectivity index (χ2v) is 13.0. The van der Waals surface area contributed by atoms with E-state index in [2.05, 4.69) is 3.63 Å². The number of fused-ring (bicyclic) bond motifs is 1. The van der Waals surface area contributed by atoms with Crippen molar-refractivity contribution >= 4 is 31.2 Å². The number of rotatable bonds is 9. The summed E-state index contributed by atoms with van der Waals surface area (Å²) in [5.41, 5.74) is 0. The van der Waals surface area contributed by atoms with E-state index < -0.39 is 61.8 Å². The lowest BCUT2D eigenvalue weighted by atomic mass is 10.1. The van der Waals surface area contributed by atoms with Crippen molar-refractivity contribution < 1.29 is 61.0 Å². The highest BCUT2D eigenvalue weighted by atomic mass is 32.3. The van der Waals surface area contributed by atoms with E-state index in [-0.39, 0.29) is 22.5 Å². The molecule has 16 heteroatoms. The molecule has 37 heavy (non-hydrogen) atoms. The lowest BCUT2D eigenvalue weighted by Gasteiger charge is -2.39. The molecule has 0 radical (unpaired) electrons. The van der Waals surface area contributed by atoms with Gasteiger partial charge in [0.05, 0.1) is 6.10 Å². The molecular formula is C21H21F9O5S2. The molecule has 2 aromatic rings. The van der Waals surface area contributed by atoms with Crippen LogP contribution in [0.25, 0.3) is 10.8 Å². The highest BCUT2D eigenvalue weighted by molar-refractivity contribution is 8.33. The lowest BCUT2D eigenvalue weighted by molar-refractivity contribution is -0.382. The monoisotopic (exact) mass is 588 g/mol. The zero-order valence-corrected chi connectivity index (χ0v) is 20.7. The Hall–Kier alpha value is -1.75. The van der Waals surface area contributed by atoms with E-state index in [0.717, 1.165) is 0 Å². The topological polar surface area (TPSA) is 61.8 Å². The summed E-state index contributed by atoms with van der Waals surface area (Å²) in [7, 11) is -9.38. The molecule has 1 aliphatic rings. The van der Waals surface area contributed by atoms with Gasteiger partial charge < -0.3 is 9.47 Å². The second kappa shape index (κ2) is 9.77. The highest BCUT2D eigenvalue weighted by Gasteiger charge is 2.86. The molecule has 1 fully saturated rings. The molecule has 2 aromatic carbocycles. The molecule has 0 saturated carbocycles. The number of hydrogen-bond acceptors (Lipinski definition) is 5. The molecule has 0 amide bonds. The van der Waals surface area contributed by atoms with Crippen molar-refractivity contribution in [2.45, 2.75) is 53.9 Å². The summed E-state index contributed by atoms with van der Waals surface area (Å²) in [6.07, 6.45) is -8.98. The SMILES string of the molecule is COC(C)OC1CCS(OS(=O)(=O)C(F)(F)C(F)(F)C(F)(F)C(F)(F)F)(c2cccc3ccccc23)C1. The number of ether oxygens (including phenoxy) is 2. The Kier molecular flexibility index (Phi) is 7.87. The minimum Gasteiger partial charge on any atom is -0.356 e. The van der Waals surface area contributed by atoms with Crippen LogP contribution in [0.1, 0.15) is 13.3 Å². The van der Waals surface area contributed by atoms with Crippen LogP contribution in [-0.2, 0) is 23.2 Å². The van der Waals surface area contributed by atoms with Crippen LogP contribution >= 0.6 is 10.3 Å². The van der Waals surface area contributed by atoms with Gasteiger partial charge >= 0.3 is 33.4 Å². The third-order valence-electron chi connectivity index (χ3n) is 5.74. The van der Waals surface area contributed by atoms with Crippen LogP contribution in [0.4, 0.5) is 39.5 Å². The lowest BCUT2D eigenvalue weighted by Crippen LogP contribution is -2.63. The van der Waals surface area contributed by atoms with Crippen molar-refractivity contribution in [3.8, 4) is 0 Å². The molecule has 3 atom stereocenters. The molecule has 0 aromatic heterocycles. The number of benzene rings is 2. The van der Waals surface area contributed by atoms with E-state index in [1.807, 2.05) is 0 Å². The summed E-state index contributed by atoms with van der Waals surface area (Å²) in [6.45, 7) is 1.46. The first kappa shape index (κ1) is 29.8. The van der Waals surface area contributed by atoms with Gasteiger partial charge in [0, 0.05) is 23.5 Å². The maximum absolute atomic E-state index is 14.5. The molecule has 3 unspecified atom stereocenters. The molecule has 0 aliphatic carbocycles. The first-order chi connectivity index (χ1) is 16.8. The molecule has 3 rings (SSSR count). The molecule has 1 heterocycles. The normalized spacial score (nSPS) is 24.7. The molecule has 0 N–H and O–H groups in total. The molecule has 1 saturated heterocycles. The van der Waals surface area contributed by atoms with E-state index >= 15 is 0 Å². The summed E-state index contributed by atoms with van der Waals surface area (Å²) >= 11 is 0. The first-order valence-electron chi connectivity index (χ1n) is 10.4. The van der Waals surface area contributed by atoms with Crippen LogP contribution in [0, 0.1) is 0 Å². The largest absolute Gasteiger partial charge is 0.460 e. The van der Waals surface area contributed by atoms with Crippen LogP contribution in [0.15, 0.2) is 47.4 Å². The van der Waals surface area contributed by atoms with Crippen molar-refractivity contribution in [1.29, 1.82) is 0 Å². The fourth-order valence-corrected chi connectivity index (χ4v) is 9.69. The Labute approximate surface area is 207 Å². The van der Waals surface area contributed by atoms with Crippen molar-refractivity contribution in [1.82, 2.24) is 0 Å². The van der Waals surface area contributed by atoms with Crippen molar-refractivity contribution in [3.63, 3.8) is 0 Å². The molecular weight excluding hydrogens is 567 g/mol. The van der Waals surface area contributed by atoms with E-state index in [1.165, 1.54) is 38.3 Å². The van der Waals surface area contributed by atoms with Crippen LogP contribution in [0.3, 0.4) is 0 Å². The Balaban J connectivity index is 2.14. The van der Waals surface area contributed by atoms with E-state index in [9.17, 15) is 47.9 Å². The highest BCUT2D eigenvalue weighted by Crippen LogP contribution is 2.66.